The van der Waals surface area contributed by atoms with Crippen LogP contribution < -0.4 is 5.32 Å². The molecule has 0 saturated carbocycles. The molecular formula is C8H14N2O4. The lowest BCUT2D eigenvalue weighted by Gasteiger charge is -2.31. The smallest absolute Gasteiger partial charge is 0.328 e. The van der Waals surface area contributed by atoms with E-state index in [1.807, 2.05) is 0 Å². The van der Waals surface area contributed by atoms with Gasteiger partial charge in [-0.25, -0.2) is 9.59 Å². The molecule has 0 bridgehead atoms. The number of nitrogens with zero attached hydrogens (tertiary/aromatic N) is 1. The van der Waals surface area contributed by atoms with Crippen LogP contribution in [-0.2, 0) is 9.53 Å². The van der Waals surface area contributed by atoms with Gasteiger partial charge >= 0.3 is 12.0 Å². The molecule has 1 saturated heterocycles. The van der Waals surface area contributed by atoms with Gasteiger partial charge in [0.25, 0.3) is 0 Å². The van der Waals surface area contributed by atoms with Gasteiger partial charge in [0.2, 0.25) is 0 Å². The Morgan fingerprint density at radius 1 is 1.79 bits per heavy atom. The molecule has 1 atom stereocenters. The number of hydrogen-bond donors (Lipinski definition) is 2. The Labute approximate surface area is 81.8 Å². The summed E-state index contributed by atoms with van der Waals surface area (Å²) in [5.74, 6) is -1.04. The molecular weight excluding hydrogens is 188 g/mol. The van der Waals surface area contributed by atoms with E-state index in [0.29, 0.717) is 13.1 Å². The van der Waals surface area contributed by atoms with Crippen LogP contribution in [0.25, 0.3) is 0 Å². The number of carboxylic acids is 1. The fourth-order valence-electron chi connectivity index (χ4n) is 1.40. The quantitative estimate of drug-likeness (QED) is 0.644. The van der Waals surface area contributed by atoms with Crippen molar-refractivity contribution in [3.05, 3.63) is 0 Å². The van der Waals surface area contributed by atoms with Crippen LogP contribution in [0.4, 0.5) is 4.79 Å². The van der Waals surface area contributed by atoms with Crippen molar-refractivity contribution in [2.75, 3.05) is 26.8 Å². The molecule has 0 aliphatic carbocycles. The minimum absolute atomic E-state index is 0.0166. The van der Waals surface area contributed by atoms with Crippen LogP contribution in [-0.4, -0.2) is 54.9 Å². The second-order valence-electron chi connectivity index (χ2n) is 3.09. The molecule has 0 spiro atoms. The molecule has 1 fully saturated rings. The van der Waals surface area contributed by atoms with Crippen LogP contribution in [0.15, 0.2) is 0 Å². The maximum atomic E-state index is 11.3. The largest absolute Gasteiger partial charge is 0.480 e. The summed E-state index contributed by atoms with van der Waals surface area (Å²) < 4.78 is 4.76. The summed E-state index contributed by atoms with van der Waals surface area (Å²) in [6, 6.07) is -1.22. The number of ether oxygens (including phenoxy) is 1. The minimum Gasteiger partial charge on any atom is -0.480 e. The Morgan fingerprint density at radius 3 is 3.00 bits per heavy atom. The van der Waals surface area contributed by atoms with Gasteiger partial charge in [-0.1, -0.05) is 0 Å². The summed E-state index contributed by atoms with van der Waals surface area (Å²) in [4.78, 5) is 23.4. The first kappa shape index (κ1) is 10.8. The van der Waals surface area contributed by atoms with Crippen LogP contribution in [0, 0.1) is 0 Å². The fraction of sp³-hybridized carbons (Fsp3) is 0.750. The van der Waals surface area contributed by atoms with E-state index in [9.17, 15) is 9.59 Å². The zero-order valence-corrected chi connectivity index (χ0v) is 8.02. The summed E-state index contributed by atoms with van der Waals surface area (Å²) in [7, 11) is 1.41. The molecule has 1 aliphatic rings. The molecule has 0 radical (unpaired) electrons. The Hall–Kier alpha value is -1.30. The number of aliphatic carboxylic acids is 1. The lowest BCUT2D eigenvalue weighted by atomic mass is 10.2. The summed E-state index contributed by atoms with van der Waals surface area (Å²) >= 11 is 0. The van der Waals surface area contributed by atoms with E-state index >= 15 is 0 Å². The molecule has 2 amide bonds. The Morgan fingerprint density at radius 2 is 2.50 bits per heavy atom. The molecule has 0 aromatic rings. The van der Waals surface area contributed by atoms with Crippen LogP contribution >= 0.6 is 0 Å². The van der Waals surface area contributed by atoms with E-state index in [2.05, 4.69) is 5.32 Å². The monoisotopic (exact) mass is 202 g/mol. The molecule has 1 rings (SSSR count). The van der Waals surface area contributed by atoms with Crippen molar-refractivity contribution < 1.29 is 19.4 Å². The second-order valence-corrected chi connectivity index (χ2v) is 3.09. The predicted molar refractivity (Wildman–Crippen MR) is 48.0 cm³/mol. The SMILES string of the molecule is COCC(C(=O)O)N1CCCNC1=O. The summed E-state index contributed by atoms with van der Waals surface area (Å²) in [5, 5.41) is 11.5. The lowest BCUT2D eigenvalue weighted by molar-refractivity contribution is -0.144. The maximum absolute atomic E-state index is 11.3. The number of amides is 2. The number of carbonyl (C=O) groups is 2. The normalized spacial score (nSPS) is 18.9. The first-order chi connectivity index (χ1) is 6.66. The lowest BCUT2D eigenvalue weighted by Crippen LogP contribution is -2.55. The van der Waals surface area contributed by atoms with E-state index in [4.69, 9.17) is 9.84 Å². The zero-order valence-electron chi connectivity index (χ0n) is 8.02. The Kier molecular flexibility index (Phi) is 3.70. The minimum atomic E-state index is -1.04. The molecule has 80 valence electrons. The predicted octanol–water partition coefficient (Wildman–Crippen LogP) is -0.499. The van der Waals surface area contributed by atoms with Crippen LogP contribution in [0.1, 0.15) is 6.42 Å². The average Bonchev–Trinajstić information content (AvgIpc) is 2.15. The molecule has 1 aliphatic heterocycles. The van der Waals surface area contributed by atoms with Crippen molar-refractivity contribution in [2.45, 2.75) is 12.5 Å². The molecule has 2 N–H and O–H groups in total. The molecule has 1 unspecified atom stereocenters. The van der Waals surface area contributed by atoms with Gasteiger partial charge < -0.3 is 20.1 Å². The Bertz CT molecular complexity index is 229. The highest BCUT2D eigenvalue weighted by molar-refractivity contribution is 5.83. The third kappa shape index (κ3) is 2.35. The van der Waals surface area contributed by atoms with E-state index in [-0.39, 0.29) is 12.6 Å². The second kappa shape index (κ2) is 4.80. The number of methoxy groups -OCH3 is 1. The summed E-state index contributed by atoms with van der Waals surface area (Å²) in [5.41, 5.74) is 0. The van der Waals surface area contributed by atoms with Crippen molar-refractivity contribution in [3.63, 3.8) is 0 Å². The average molecular weight is 202 g/mol. The van der Waals surface area contributed by atoms with E-state index in [0.717, 1.165) is 6.42 Å². The van der Waals surface area contributed by atoms with Crippen molar-refractivity contribution in [2.24, 2.45) is 0 Å². The molecule has 6 nitrogen and oxygen atoms in total. The molecule has 14 heavy (non-hydrogen) atoms. The number of carbonyl (C=O) groups excluding carboxylic acids is 1. The van der Waals surface area contributed by atoms with Gasteiger partial charge in [-0.05, 0) is 6.42 Å². The molecule has 0 aromatic heterocycles. The van der Waals surface area contributed by atoms with Gasteiger partial charge in [0.15, 0.2) is 6.04 Å². The van der Waals surface area contributed by atoms with Gasteiger partial charge in [0.1, 0.15) is 0 Å². The standard InChI is InChI=1S/C8H14N2O4/c1-14-5-6(7(11)12)10-4-2-3-9-8(10)13/h6H,2-5H2,1H3,(H,9,13)(H,11,12). The highest BCUT2D eigenvalue weighted by Crippen LogP contribution is 2.06. The third-order valence-electron chi connectivity index (χ3n) is 2.10. The molecule has 0 aromatic carbocycles. The summed E-state index contributed by atoms with van der Waals surface area (Å²) in [6.07, 6.45) is 0.763. The summed E-state index contributed by atoms with van der Waals surface area (Å²) in [6.45, 7) is 1.09. The van der Waals surface area contributed by atoms with Crippen molar-refractivity contribution in [1.82, 2.24) is 10.2 Å². The molecule has 6 heteroatoms. The van der Waals surface area contributed by atoms with Gasteiger partial charge in [-0.2, -0.15) is 0 Å². The number of hydrogen-bond acceptors (Lipinski definition) is 3. The van der Waals surface area contributed by atoms with Gasteiger partial charge in [0.05, 0.1) is 6.61 Å². The van der Waals surface area contributed by atoms with Crippen molar-refractivity contribution >= 4 is 12.0 Å². The maximum Gasteiger partial charge on any atom is 0.328 e. The van der Waals surface area contributed by atoms with Crippen LogP contribution in [0.5, 0.6) is 0 Å². The first-order valence-corrected chi connectivity index (χ1v) is 4.43. The zero-order chi connectivity index (χ0) is 10.6. The van der Waals surface area contributed by atoms with Crippen molar-refractivity contribution in [1.29, 1.82) is 0 Å². The topological polar surface area (TPSA) is 78.9 Å². The van der Waals surface area contributed by atoms with E-state index < -0.39 is 12.0 Å². The number of urea groups is 1. The highest BCUT2D eigenvalue weighted by Gasteiger charge is 2.30. The number of nitrogens with one attached hydrogen (secondary N) is 1. The number of carboxylic acid groups (broad SMARTS) is 1. The van der Waals surface area contributed by atoms with Crippen LogP contribution in [0.2, 0.25) is 0 Å². The van der Waals surface area contributed by atoms with Crippen LogP contribution in [0.3, 0.4) is 0 Å². The Balaban J connectivity index is 2.65. The van der Waals surface area contributed by atoms with Gasteiger partial charge in [-0.15, -0.1) is 0 Å². The van der Waals surface area contributed by atoms with Crippen molar-refractivity contribution in [3.8, 4) is 0 Å². The first-order valence-electron chi connectivity index (χ1n) is 4.43. The molecule has 1 heterocycles. The van der Waals surface area contributed by atoms with Gasteiger partial charge in [0, 0.05) is 20.2 Å². The number of rotatable bonds is 4. The third-order valence-corrected chi connectivity index (χ3v) is 2.10. The van der Waals surface area contributed by atoms with Gasteiger partial charge in [-0.3, -0.25) is 0 Å². The highest BCUT2D eigenvalue weighted by atomic mass is 16.5. The van der Waals surface area contributed by atoms with E-state index in [1.54, 1.807) is 0 Å². The van der Waals surface area contributed by atoms with E-state index in [1.165, 1.54) is 12.0 Å². The fourth-order valence-corrected chi connectivity index (χ4v) is 1.40.